The van der Waals surface area contributed by atoms with Gasteiger partial charge in [-0.1, -0.05) is 23.4 Å². The van der Waals surface area contributed by atoms with E-state index in [9.17, 15) is 5.11 Å². The first kappa shape index (κ1) is 17.0. The first-order valence-electron chi connectivity index (χ1n) is 7.12. The van der Waals surface area contributed by atoms with E-state index in [1.54, 1.807) is 18.5 Å². The summed E-state index contributed by atoms with van der Waals surface area (Å²) in [5.74, 6) is 0. The van der Waals surface area contributed by atoms with Gasteiger partial charge in [-0.05, 0) is 12.1 Å². The van der Waals surface area contributed by atoms with Crippen LogP contribution in [0.4, 0.5) is 0 Å². The molecule has 120 valence electrons. The molecule has 1 fully saturated rings. The zero-order valence-electron chi connectivity index (χ0n) is 12.2. The molecule has 0 radical (unpaired) electrons. The molecule has 0 aliphatic carbocycles. The Bertz CT molecular complexity index is 500. The lowest BCUT2D eigenvalue weighted by molar-refractivity contribution is -0.0327. The Morgan fingerprint density at radius 2 is 2.41 bits per heavy atom. The van der Waals surface area contributed by atoms with E-state index in [0.717, 1.165) is 18.7 Å². The van der Waals surface area contributed by atoms with Gasteiger partial charge in [0.05, 0.1) is 19.3 Å². The van der Waals surface area contributed by atoms with Crippen molar-refractivity contribution in [2.75, 3.05) is 39.5 Å². The minimum absolute atomic E-state index is 0.141. The molecule has 0 aromatic carbocycles. The monoisotopic (exact) mass is 325 g/mol. The highest BCUT2D eigenvalue weighted by molar-refractivity contribution is 6.29. The highest BCUT2D eigenvalue weighted by atomic mass is 35.5. The number of aliphatic hydroxyl groups is 1. The number of hydroxylamine groups is 1. The lowest BCUT2D eigenvalue weighted by Gasteiger charge is -2.28. The summed E-state index contributed by atoms with van der Waals surface area (Å²) in [6.07, 6.45) is 4.50. The van der Waals surface area contributed by atoms with Crippen LogP contribution in [0.15, 0.2) is 35.4 Å². The number of hydrogen-bond donors (Lipinski definition) is 2. The number of morpholine rings is 1. The van der Waals surface area contributed by atoms with Crippen molar-refractivity contribution in [1.82, 2.24) is 15.4 Å². The minimum Gasteiger partial charge on any atom is -0.389 e. The molecule has 0 spiro atoms. The van der Waals surface area contributed by atoms with Gasteiger partial charge in [0.2, 0.25) is 0 Å². The molecule has 22 heavy (non-hydrogen) atoms. The maximum atomic E-state index is 9.89. The molecule has 2 heterocycles. The Balaban J connectivity index is 1.67. The van der Waals surface area contributed by atoms with Crippen molar-refractivity contribution in [3.05, 3.63) is 41.0 Å². The van der Waals surface area contributed by atoms with E-state index in [0.29, 0.717) is 19.8 Å². The van der Waals surface area contributed by atoms with E-state index in [4.69, 9.17) is 21.2 Å². The number of ether oxygens (including phenoxy) is 1. The molecule has 1 aliphatic heterocycles. The first-order valence-corrected chi connectivity index (χ1v) is 7.50. The Morgan fingerprint density at radius 1 is 1.59 bits per heavy atom. The summed E-state index contributed by atoms with van der Waals surface area (Å²) in [5.41, 5.74) is 6.25. The van der Waals surface area contributed by atoms with Gasteiger partial charge in [-0.25, -0.2) is 5.48 Å². The predicted molar refractivity (Wildman–Crippen MR) is 83.9 cm³/mol. The quantitative estimate of drug-likeness (QED) is 0.443. The normalized spacial score (nSPS) is 16.6. The van der Waals surface area contributed by atoms with Crippen molar-refractivity contribution in [2.45, 2.75) is 6.10 Å². The summed E-state index contributed by atoms with van der Waals surface area (Å²) >= 11 is 5.92. The maximum Gasteiger partial charge on any atom is 0.169 e. The van der Waals surface area contributed by atoms with Gasteiger partial charge >= 0.3 is 0 Å². The van der Waals surface area contributed by atoms with E-state index in [2.05, 4.69) is 21.1 Å². The SMILES string of the molecule is OC(CONC(Cl)=C=Cc1cccnc1)CN1CCOCC1. The van der Waals surface area contributed by atoms with E-state index >= 15 is 0 Å². The highest BCUT2D eigenvalue weighted by Crippen LogP contribution is 2.01. The highest BCUT2D eigenvalue weighted by Gasteiger charge is 2.14. The average Bonchev–Trinajstić information content (AvgIpc) is 2.55. The van der Waals surface area contributed by atoms with Crippen molar-refractivity contribution < 1.29 is 14.7 Å². The molecule has 1 atom stereocenters. The molecule has 2 rings (SSSR count). The number of halogens is 1. The van der Waals surface area contributed by atoms with Gasteiger partial charge < -0.3 is 9.84 Å². The van der Waals surface area contributed by atoms with Gasteiger partial charge in [0.15, 0.2) is 5.16 Å². The Kier molecular flexibility index (Phi) is 7.39. The van der Waals surface area contributed by atoms with E-state index in [-0.39, 0.29) is 11.8 Å². The minimum atomic E-state index is -0.586. The van der Waals surface area contributed by atoms with Crippen LogP contribution in [0.3, 0.4) is 0 Å². The fraction of sp³-hybridized carbons (Fsp3) is 0.467. The predicted octanol–water partition coefficient (Wildman–Crippen LogP) is 0.988. The number of pyridine rings is 1. The van der Waals surface area contributed by atoms with Gasteiger partial charge in [-0.3, -0.25) is 14.7 Å². The fourth-order valence-corrected chi connectivity index (χ4v) is 2.08. The largest absolute Gasteiger partial charge is 0.389 e. The first-order chi connectivity index (χ1) is 10.7. The van der Waals surface area contributed by atoms with E-state index in [1.807, 2.05) is 12.1 Å². The van der Waals surface area contributed by atoms with Crippen molar-refractivity contribution in [3.63, 3.8) is 0 Å². The van der Waals surface area contributed by atoms with Crippen LogP contribution in [0.2, 0.25) is 0 Å². The van der Waals surface area contributed by atoms with Crippen LogP contribution in [0.25, 0.3) is 6.08 Å². The summed E-state index contributed by atoms with van der Waals surface area (Å²) < 4.78 is 5.25. The van der Waals surface area contributed by atoms with E-state index in [1.165, 1.54) is 0 Å². The van der Waals surface area contributed by atoms with Crippen LogP contribution in [-0.4, -0.2) is 60.5 Å². The molecule has 1 aromatic heterocycles. The zero-order valence-corrected chi connectivity index (χ0v) is 13.0. The topological polar surface area (TPSA) is 66.9 Å². The van der Waals surface area contributed by atoms with Crippen LogP contribution >= 0.6 is 11.6 Å². The molecular formula is C15H20ClN3O3. The second-order valence-electron chi connectivity index (χ2n) is 4.87. The number of aromatic nitrogens is 1. The number of nitrogens with one attached hydrogen (secondary N) is 1. The summed E-state index contributed by atoms with van der Waals surface area (Å²) in [7, 11) is 0. The van der Waals surface area contributed by atoms with Crippen LogP contribution < -0.4 is 5.48 Å². The van der Waals surface area contributed by atoms with Crippen molar-refractivity contribution >= 4 is 17.7 Å². The fourth-order valence-electron chi connectivity index (χ4n) is 1.97. The lowest BCUT2D eigenvalue weighted by Crippen LogP contribution is -2.42. The number of nitrogens with zero attached hydrogens (tertiary/aromatic N) is 2. The smallest absolute Gasteiger partial charge is 0.169 e. The third kappa shape index (κ3) is 6.58. The lowest BCUT2D eigenvalue weighted by atomic mass is 10.3. The molecule has 6 nitrogen and oxygen atoms in total. The van der Waals surface area contributed by atoms with Crippen LogP contribution in [0, 0.1) is 0 Å². The van der Waals surface area contributed by atoms with Crippen molar-refractivity contribution in [2.24, 2.45) is 0 Å². The molecular weight excluding hydrogens is 306 g/mol. The van der Waals surface area contributed by atoms with Crippen LogP contribution in [0.1, 0.15) is 5.56 Å². The van der Waals surface area contributed by atoms with Gasteiger partial charge in [0.1, 0.15) is 6.61 Å². The maximum absolute atomic E-state index is 9.89. The van der Waals surface area contributed by atoms with Gasteiger partial charge in [-0.15, -0.1) is 0 Å². The molecule has 1 aliphatic rings. The summed E-state index contributed by atoms with van der Waals surface area (Å²) in [6, 6.07) is 3.71. The van der Waals surface area contributed by atoms with Crippen molar-refractivity contribution in [1.29, 1.82) is 0 Å². The Morgan fingerprint density at radius 3 is 3.14 bits per heavy atom. The molecule has 7 heteroatoms. The second-order valence-corrected chi connectivity index (χ2v) is 5.25. The zero-order chi connectivity index (χ0) is 15.6. The van der Waals surface area contributed by atoms with Gasteiger partial charge in [-0.2, -0.15) is 0 Å². The van der Waals surface area contributed by atoms with Crippen LogP contribution in [0.5, 0.6) is 0 Å². The number of β-amino-alcohol motifs (C(OH)–C–C–N with tert-alkyl or cyclic N) is 1. The molecule has 0 saturated carbocycles. The summed E-state index contributed by atoms with van der Waals surface area (Å²) in [4.78, 5) is 11.3. The summed E-state index contributed by atoms with van der Waals surface area (Å²) in [6.45, 7) is 3.77. The van der Waals surface area contributed by atoms with Gasteiger partial charge in [0.25, 0.3) is 0 Å². The average molecular weight is 326 g/mol. The molecule has 1 unspecified atom stereocenters. The Labute approximate surface area is 135 Å². The van der Waals surface area contributed by atoms with Crippen molar-refractivity contribution in [3.8, 4) is 0 Å². The van der Waals surface area contributed by atoms with Gasteiger partial charge in [0, 0.05) is 37.6 Å². The summed E-state index contributed by atoms with van der Waals surface area (Å²) in [5, 5.41) is 10.1. The van der Waals surface area contributed by atoms with Crippen LogP contribution in [-0.2, 0) is 9.57 Å². The molecule has 0 amide bonds. The molecule has 0 bridgehead atoms. The molecule has 1 saturated heterocycles. The molecule has 2 N–H and O–H groups in total. The third-order valence-corrected chi connectivity index (χ3v) is 3.25. The second kappa shape index (κ2) is 9.58. The third-order valence-electron chi connectivity index (χ3n) is 3.06. The number of hydrogen-bond acceptors (Lipinski definition) is 6. The molecule has 1 aromatic rings. The number of rotatable bonds is 7. The Hall–Kier alpha value is -1.40. The van der Waals surface area contributed by atoms with E-state index < -0.39 is 6.10 Å². The standard InChI is InChI=1S/C15H20ClN3O3/c16-15(4-3-13-2-1-5-17-10-13)18-22-12-14(20)11-19-6-8-21-9-7-19/h1-3,5,10,14,18,20H,6-9,11-12H2. The number of aliphatic hydroxyl groups excluding tert-OH is 1.